The van der Waals surface area contributed by atoms with E-state index in [1.54, 1.807) is 6.92 Å². The molecule has 2 unspecified atom stereocenters. The quantitative estimate of drug-likeness (QED) is 0.332. The lowest BCUT2D eigenvalue weighted by Gasteiger charge is -1.97. The van der Waals surface area contributed by atoms with E-state index >= 15 is 0 Å². The van der Waals surface area contributed by atoms with Crippen molar-refractivity contribution in [1.82, 2.24) is 0 Å². The number of carbonyl (C=O) groups is 1. The van der Waals surface area contributed by atoms with Gasteiger partial charge in [-0.2, -0.15) is 0 Å². The molecule has 0 bridgehead atoms. The second-order valence-corrected chi connectivity index (χ2v) is 4.40. The van der Waals surface area contributed by atoms with E-state index in [2.05, 4.69) is 6.58 Å². The smallest absolute Gasteiger partial charge is 0.132 e. The van der Waals surface area contributed by atoms with Crippen LogP contribution in [0, 0.1) is 0 Å². The summed E-state index contributed by atoms with van der Waals surface area (Å²) in [5.41, 5.74) is 0. The molecule has 1 aliphatic rings. The molecule has 0 N–H and O–H groups in total. The van der Waals surface area contributed by atoms with E-state index in [1.165, 1.54) is 25.7 Å². The average Bonchev–Trinajstić information content (AvgIpc) is 2.89. The maximum atomic E-state index is 10.8. The van der Waals surface area contributed by atoms with Crippen molar-refractivity contribution >= 4 is 5.78 Å². The Labute approximate surface area is 92.7 Å². The van der Waals surface area contributed by atoms with Gasteiger partial charge in [-0.25, -0.2) is 0 Å². The summed E-state index contributed by atoms with van der Waals surface area (Å²) < 4.78 is 5.42. The molecule has 2 heteroatoms. The summed E-state index contributed by atoms with van der Waals surface area (Å²) in [6.07, 6.45) is 10.5. The van der Waals surface area contributed by atoms with Crippen LogP contribution in [0.4, 0.5) is 0 Å². The van der Waals surface area contributed by atoms with Gasteiger partial charge in [-0.3, -0.25) is 4.79 Å². The maximum absolute atomic E-state index is 10.8. The predicted molar refractivity (Wildman–Crippen MR) is 61.9 cm³/mol. The van der Waals surface area contributed by atoms with Crippen LogP contribution in [0.5, 0.6) is 0 Å². The number of allylic oxidation sites excluding steroid dienone is 1. The van der Waals surface area contributed by atoms with Gasteiger partial charge in [0.1, 0.15) is 5.78 Å². The molecule has 1 aliphatic heterocycles. The van der Waals surface area contributed by atoms with Crippen molar-refractivity contribution in [2.45, 2.75) is 64.1 Å². The maximum Gasteiger partial charge on any atom is 0.132 e. The van der Waals surface area contributed by atoms with Crippen LogP contribution in [0.3, 0.4) is 0 Å². The van der Waals surface area contributed by atoms with E-state index < -0.39 is 0 Å². The highest BCUT2D eigenvalue weighted by atomic mass is 16.6. The summed E-state index contributed by atoms with van der Waals surface area (Å²) in [6.45, 7) is 5.34. The first-order valence-electron chi connectivity index (χ1n) is 6.00. The number of carbonyl (C=O) groups excluding carboxylic acids is 1. The van der Waals surface area contributed by atoms with Crippen LogP contribution >= 0.6 is 0 Å². The molecule has 0 aromatic rings. The third-order valence-electron chi connectivity index (χ3n) is 2.82. The summed E-state index contributed by atoms with van der Waals surface area (Å²) in [5.74, 6) is 0.244. The normalized spacial score (nSPS) is 23.8. The Kier molecular flexibility index (Phi) is 5.62. The van der Waals surface area contributed by atoms with E-state index in [1.807, 2.05) is 6.08 Å². The molecule has 0 amide bonds. The zero-order chi connectivity index (χ0) is 11.1. The van der Waals surface area contributed by atoms with Crippen molar-refractivity contribution in [2.24, 2.45) is 0 Å². The van der Waals surface area contributed by atoms with Gasteiger partial charge in [-0.15, -0.1) is 6.58 Å². The fourth-order valence-electron chi connectivity index (χ4n) is 1.88. The Morgan fingerprint density at radius 2 is 2.00 bits per heavy atom. The topological polar surface area (TPSA) is 29.6 Å². The highest BCUT2D eigenvalue weighted by Gasteiger charge is 2.38. The number of ether oxygens (including phenoxy) is 1. The summed E-state index contributed by atoms with van der Waals surface area (Å²) in [4.78, 5) is 10.8. The average molecular weight is 210 g/mol. The van der Waals surface area contributed by atoms with Crippen LogP contribution in [0.1, 0.15) is 51.9 Å². The van der Waals surface area contributed by atoms with Gasteiger partial charge in [0, 0.05) is 6.42 Å². The number of epoxide rings is 1. The molecule has 2 nitrogen and oxygen atoms in total. The fraction of sp³-hybridized carbons (Fsp3) is 0.769. The zero-order valence-corrected chi connectivity index (χ0v) is 9.71. The second-order valence-electron chi connectivity index (χ2n) is 4.40. The molecule has 0 aromatic carbocycles. The Morgan fingerprint density at radius 3 is 2.67 bits per heavy atom. The molecule has 1 heterocycles. The molecule has 0 radical (unpaired) electrons. The Hall–Kier alpha value is -0.630. The minimum Gasteiger partial charge on any atom is -0.369 e. The third-order valence-corrected chi connectivity index (χ3v) is 2.82. The molecular weight excluding hydrogens is 188 g/mol. The number of rotatable bonds is 9. The van der Waals surface area contributed by atoms with Crippen molar-refractivity contribution in [1.29, 1.82) is 0 Å². The first kappa shape index (κ1) is 12.4. The van der Waals surface area contributed by atoms with Crippen LogP contribution in [0.15, 0.2) is 12.7 Å². The summed E-state index contributed by atoms with van der Waals surface area (Å²) in [5, 5.41) is 0. The zero-order valence-electron chi connectivity index (χ0n) is 9.71. The van der Waals surface area contributed by atoms with Gasteiger partial charge in [0.05, 0.1) is 12.2 Å². The lowest BCUT2D eigenvalue weighted by Crippen LogP contribution is -2.00. The Morgan fingerprint density at radius 1 is 1.27 bits per heavy atom. The van der Waals surface area contributed by atoms with E-state index in [9.17, 15) is 4.79 Å². The fourth-order valence-corrected chi connectivity index (χ4v) is 1.88. The molecular formula is C13H22O2. The van der Waals surface area contributed by atoms with Crippen molar-refractivity contribution in [2.75, 3.05) is 0 Å². The molecule has 2 atom stereocenters. The minimum absolute atomic E-state index is 0.244. The monoisotopic (exact) mass is 210 g/mol. The number of ketones is 1. The van der Waals surface area contributed by atoms with Gasteiger partial charge < -0.3 is 4.74 Å². The lowest BCUT2D eigenvalue weighted by molar-refractivity contribution is -0.117. The number of Topliss-reactive ketones (excluding diaryl/α,β-unsaturated/α-hetero) is 1. The number of hydrogen-bond acceptors (Lipinski definition) is 2. The third kappa shape index (κ3) is 5.73. The SMILES string of the molecule is C=CCCCCCCC1OC1CC(C)=O. The van der Waals surface area contributed by atoms with E-state index in [0.29, 0.717) is 12.5 Å². The van der Waals surface area contributed by atoms with Crippen LogP contribution < -0.4 is 0 Å². The van der Waals surface area contributed by atoms with E-state index in [0.717, 1.165) is 12.8 Å². The van der Waals surface area contributed by atoms with Gasteiger partial charge in [0.15, 0.2) is 0 Å². The molecule has 15 heavy (non-hydrogen) atoms. The highest BCUT2D eigenvalue weighted by molar-refractivity contribution is 5.76. The van der Waals surface area contributed by atoms with Gasteiger partial charge >= 0.3 is 0 Å². The van der Waals surface area contributed by atoms with E-state index in [-0.39, 0.29) is 11.9 Å². The molecule has 1 rings (SSSR count). The van der Waals surface area contributed by atoms with Crippen LogP contribution in [0.2, 0.25) is 0 Å². The van der Waals surface area contributed by atoms with Crippen molar-refractivity contribution in [3.8, 4) is 0 Å². The first-order valence-corrected chi connectivity index (χ1v) is 6.00. The summed E-state index contributed by atoms with van der Waals surface area (Å²) in [6, 6.07) is 0. The lowest BCUT2D eigenvalue weighted by atomic mass is 10.1. The Bertz CT molecular complexity index is 211. The first-order chi connectivity index (χ1) is 7.24. The number of unbranched alkanes of at least 4 members (excludes halogenated alkanes) is 4. The van der Waals surface area contributed by atoms with Crippen molar-refractivity contribution in [3.05, 3.63) is 12.7 Å². The van der Waals surface area contributed by atoms with Gasteiger partial charge in [0.25, 0.3) is 0 Å². The standard InChI is InChI=1S/C13H22O2/c1-3-4-5-6-7-8-9-12-13(15-12)10-11(2)14/h3,12-13H,1,4-10H2,2H3. The molecule has 0 aromatic heterocycles. The van der Waals surface area contributed by atoms with Crippen molar-refractivity contribution in [3.63, 3.8) is 0 Å². The van der Waals surface area contributed by atoms with Crippen molar-refractivity contribution < 1.29 is 9.53 Å². The molecule has 1 fully saturated rings. The van der Waals surface area contributed by atoms with Crippen LogP contribution in [-0.2, 0) is 9.53 Å². The largest absolute Gasteiger partial charge is 0.369 e. The molecule has 0 spiro atoms. The second kappa shape index (κ2) is 6.78. The van der Waals surface area contributed by atoms with Crippen LogP contribution in [0.25, 0.3) is 0 Å². The predicted octanol–water partition coefficient (Wildman–Crippen LogP) is 3.26. The molecule has 0 aliphatic carbocycles. The van der Waals surface area contributed by atoms with E-state index in [4.69, 9.17) is 4.74 Å². The summed E-state index contributed by atoms with van der Waals surface area (Å²) in [7, 11) is 0. The van der Waals surface area contributed by atoms with Gasteiger partial charge in [-0.05, 0) is 26.2 Å². The molecule has 0 saturated carbocycles. The molecule has 86 valence electrons. The summed E-state index contributed by atoms with van der Waals surface area (Å²) >= 11 is 0. The Balaban J connectivity index is 1.86. The highest BCUT2D eigenvalue weighted by Crippen LogP contribution is 2.30. The van der Waals surface area contributed by atoms with Gasteiger partial charge in [0.2, 0.25) is 0 Å². The number of hydrogen-bond donors (Lipinski definition) is 0. The minimum atomic E-state index is 0.244. The molecule has 1 saturated heterocycles. The van der Waals surface area contributed by atoms with Gasteiger partial charge in [-0.1, -0.05) is 25.3 Å². The van der Waals surface area contributed by atoms with Crippen LogP contribution in [-0.4, -0.2) is 18.0 Å².